The van der Waals surface area contributed by atoms with Crippen molar-refractivity contribution in [3.63, 3.8) is 0 Å². The minimum atomic E-state index is 0.0768. The second-order valence-corrected chi connectivity index (χ2v) is 4.47. The second-order valence-electron chi connectivity index (χ2n) is 4.47. The first kappa shape index (κ1) is 10.9. The largest absolute Gasteiger partial charge is 0.328 e. The molecule has 1 aromatic heterocycles. The number of rotatable bonds is 2. The van der Waals surface area contributed by atoms with E-state index in [1.54, 1.807) is 17.3 Å². The van der Waals surface area contributed by atoms with Crippen LogP contribution in [0.25, 0.3) is 0 Å². The molecule has 1 aliphatic heterocycles. The Bertz CT molecular complexity index is 592. The maximum atomic E-state index is 12.1. The number of benzene rings is 1. The van der Waals surface area contributed by atoms with Crippen molar-refractivity contribution in [3.05, 3.63) is 59.2 Å². The van der Waals surface area contributed by atoms with Gasteiger partial charge in [-0.1, -0.05) is 18.2 Å². The predicted octanol–water partition coefficient (Wildman–Crippen LogP) is 1.94. The van der Waals surface area contributed by atoms with Crippen LogP contribution in [0.5, 0.6) is 0 Å². The number of aromatic nitrogens is 2. The summed E-state index contributed by atoms with van der Waals surface area (Å²) in [5.41, 5.74) is 3.59. The maximum absolute atomic E-state index is 12.1. The van der Waals surface area contributed by atoms with Crippen LogP contribution in [0.1, 0.15) is 27.3 Å². The van der Waals surface area contributed by atoms with Crippen LogP contribution in [-0.4, -0.2) is 20.8 Å². The summed E-state index contributed by atoms with van der Waals surface area (Å²) in [7, 11) is 0. The van der Waals surface area contributed by atoms with Gasteiger partial charge in [0.05, 0.1) is 24.1 Å². The van der Waals surface area contributed by atoms with E-state index in [0.29, 0.717) is 13.1 Å². The van der Waals surface area contributed by atoms with Crippen molar-refractivity contribution in [2.24, 2.45) is 0 Å². The van der Waals surface area contributed by atoms with Gasteiger partial charge in [-0.3, -0.25) is 14.8 Å². The Morgan fingerprint density at radius 2 is 2.06 bits per heavy atom. The molecule has 2 heterocycles. The molecule has 0 spiro atoms. The summed E-state index contributed by atoms with van der Waals surface area (Å²) in [6.07, 6.45) is 3.45. The molecule has 0 saturated carbocycles. The third-order valence-corrected chi connectivity index (χ3v) is 3.08. The van der Waals surface area contributed by atoms with Crippen LogP contribution in [0.2, 0.25) is 0 Å². The van der Waals surface area contributed by atoms with Gasteiger partial charge in [-0.15, -0.1) is 0 Å². The molecule has 1 aliphatic rings. The lowest BCUT2D eigenvalue weighted by Gasteiger charge is -2.14. The zero-order chi connectivity index (χ0) is 12.5. The second kappa shape index (κ2) is 4.22. The molecule has 0 unspecified atom stereocenters. The first-order chi connectivity index (χ1) is 8.74. The predicted molar refractivity (Wildman–Crippen MR) is 66.8 cm³/mol. The van der Waals surface area contributed by atoms with Gasteiger partial charge in [-0.25, -0.2) is 0 Å². The number of hydrogen-bond acceptors (Lipinski definition) is 3. The fourth-order valence-corrected chi connectivity index (χ4v) is 2.14. The highest BCUT2D eigenvalue weighted by Gasteiger charge is 2.26. The van der Waals surface area contributed by atoms with Gasteiger partial charge in [0.15, 0.2) is 0 Å². The van der Waals surface area contributed by atoms with E-state index in [1.807, 2.05) is 31.2 Å². The topological polar surface area (TPSA) is 46.1 Å². The Balaban J connectivity index is 1.81. The molecule has 0 atom stereocenters. The molecule has 1 aromatic carbocycles. The van der Waals surface area contributed by atoms with Gasteiger partial charge < -0.3 is 4.90 Å². The molecule has 0 aliphatic carbocycles. The van der Waals surface area contributed by atoms with Crippen LogP contribution >= 0.6 is 0 Å². The van der Waals surface area contributed by atoms with Crippen molar-refractivity contribution >= 4 is 5.91 Å². The number of carbonyl (C=O) groups is 1. The number of nitrogens with zero attached hydrogens (tertiary/aromatic N) is 3. The average Bonchev–Trinajstić information content (AvgIpc) is 2.70. The molecule has 18 heavy (non-hydrogen) atoms. The SMILES string of the molecule is Cc1cnc(CN2Cc3ccccc3C2=O)cn1. The molecule has 1 amide bonds. The van der Waals surface area contributed by atoms with Gasteiger partial charge in [-0.05, 0) is 18.6 Å². The summed E-state index contributed by atoms with van der Waals surface area (Å²) in [6, 6.07) is 7.72. The van der Waals surface area contributed by atoms with Gasteiger partial charge in [0, 0.05) is 18.3 Å². The Morgan fingerprint density at radius 3 is 2.78 bits per heavy atom. The summed E-state index contributed by atoms with van der Waals surface area (Å²) < 4.78 is 0. The molecule has 4 heteroatoms. The first-order valence-electron chi connectivity index (χ1n) is 5.89. The number of aryl methyl sites for hydroxylation is 1. The van der Waals surface area contributed by atoms with Gasteiger partial charge in [0.2, 0.25) is 0 Å². The highest BCUT2D eigenvalue weighted by Crippen LogP contribution is 2.23. The van der Waals surface area contributed by atoms with Crippen molar-refractivity contribution in [3.8, 4) is 0 Å². The Morgan fingerprint density at radius 1 is 1.22 bits per heavy atom. The van der Waals surface area contributed by atoms with Crippen molar-refractivity contribution in [1.82, 2.24) is 14.9 Å². The van der Waals surface area contributed by atoms with Crippen molar-refractivity contribution < 1.29 is 4.79 Å². The zero-order valence-corrected chi connectivity index (χ0v) is 10.1. The fourth-order valence-electron chi connectivity index (χ4n) is 2.14. The first-order valence-corrected chi connectivity index (χ1v) is 5.89. The van der Waals surface area contributed by atoms with Crippen molar-refractivity contribution in [2.75, 3.05) is 0 Å². The molecule has 0 bridgehead atoms. The number of amides is 1. The third kappa shape index (κ3) is 1.86. The quantitative estimate of drug-likeness (QED) is 0.804. The van der Waals surface area contributed by atoms with Gasteiger partial charge in [-0.2, -0.15) is 0 Å². The third-order valence-electron chi connectivity index (χ3n) is 3.08. The van der Waals surface area contributed by atoms with Gasteiger partial charge >= 0.3 is 0 Å². The molecule has 0 radical (unpaired) electrons. The number of fused-ring (bicyclic) bond motifs is 1. The molecule has 0 saturated heterocycles. The van der Waals surface area contributed by atoms with Crippen molar-refractivity contribution in [2.45, 2.75) is 20.0 Å². The van der Waals surface area contributed by atoms with Crippen molar-refractivity contribution in [1.29, 1.82) is 0 Å². The fraction of sp³-hybridized carbons (Fsp3) is 0.214. The summed E-state index contributed by atoms with van der Waals surface area (Å²) in [4.78, 5) is 22.4. The smallest absolute Gasteiger partial charge is 0.254 e. The van der Waals surface area contributed by atoms with E-state index in [9.17, 15) is 4.79 Å². The Labute approximate surface area is 105 Å². The van der Waals surface area contributed by atoms with Crippen LogP contribution in [0.3, 0.4) is 0 Å². The zero-order valence-electron chi connectivity index (χ0n) is 10.1. The molecule has 0 N–H and O–H groups in total. The van der Waals surface area contributed by atoms with E-state index in [-0.39, 0.29) is 5.91 Å². The van der Waals surface area contributed by atoms with E-state index in [2.05, 4.69) is 9.97 Å². The van der Waals surface area contributed by atoms with Gasteiger partial charge in [0.25, 0.3) is 5.91 Å². The molecule has 2 aromatic rings. The highest BCUT2D eigenvalue weighted by molar-refractivity contribution is 5.98. The molecular weight excluding hydrogens is 226 g/mol. The van der Waals surface area contributed by atoms with Crippen LogP contribution in [0.4, 0.5) is 0 Å². The van der Waals surface area contributed by atoms with E-state index >= 15 is 0 Å². The molecule has 0 fully saturated rings. The van der Waals surface area contributed by atoms with E-state index < -0.39 is 0 Å². The summed E-state index contributed by atoms with van der Waals surface area (Å²) in [6.45, 7) is 3.07. The monoisotopic (exact) mass is 239 g/mol. The maximum Gasteiger partial charge on any atom is 0.254 e. The lowest BCUT2D eigenvalue weighted by molar-refractivity contribution is 0.0764. The number of hydrogen-bond donors (Lipinski definition) is 0. The lowest BCUT2D eigenvalue weighted by Crippen LogP contribution is -2.23. The van der Waals surface area contributed by atoms with E-state index in [0.717, 1.165) is 22.5 Å². The minimum absolute atomic E-state index is 0.0768. The standard InChI is InChI=1S/C14H13N3O/c1-10-6-16-12(7-15-10)9-17-8-11-4-2-3-5-13(11)14(17)18/h2-7H,8-9H2,1H3. The normalized spacial score (nSPS) is 13.8. The summed E-state index contributed by atoms with van der Waals surface area (Å²) in [5, 5.41) is 0. The van der Waals surface area contributed by atoms with E-state index in [1.165, 1.54) is 0 Å². The van der Waals surface area contributed by atoms with Crippen LogP contribution in [-0.2, 0) is 13.1 Å². The molecule has 3 rings (SSSR count). The van der Waals surface area contributed by atoms with E-state index in [4.69, 9.17) is 0 Å². The number of carbonyl (C=O) groups excluding carboxylic acids is 1. The van der Waals surface area contributed by atoms with Gasteiger partial charge in [0.1, 0.15) is 0 Å². The van der Waals surface area contributed by atoms with Crippen LogP contribution in [0.15, 0.2) is 36.7 Å². The highest BCUT2D eigenvalue weighted by atomic mass is 16.2. The summed E-state index contributed by atoms with van der Waals surface area (Å²) >= 11 is 0. The lowest BCUT2D eigenvalue weighted by atomic mass is 10.1. The Hall–Kier alpha value is -2.23. The Kier molecular flexibility index (Phi) is 2.55. The average molecular weight is 239 g/mol. The molecule has 90 valence electrons. The van der Waals surface area contributed by atoms with Crippen LogP contribution in [0, 0.1) is 6.92 Å². The summed E-state index contributed by atoms with van der Waals surface area (Å²) in [5.74, 6) is 0.0768. The molecule has 4 nitrogen and oxygen atoms in total. The minimum Gasteiger partial charge on any atom is -0.328 e. The van der Waals surface area contributed by atoms with Crippen LogP contribution < -0.4 is 0 Å². The molecular formula is C14H13N3O.